The number of hydrogen-bond donors (Lipinski definition) is 1. The smallest absolute Gasteiger partial charge is 0.270 e. The lowest BCUT2D eigenvalue weighted by Gasteiger charge is -2.17. The molecule has 0 aliphatic heterocycles. The Bertz CT molecular complexity index is 601. The number of likely N-dealkylation sites (N-methyl/N-ethyl adjacent to an activating group) is 1. The molecule has 1 N–H and O–H groups in total. The highest BCUT2D eigenvalue weighted by Crippen LogP contribution is 2.23. The molecule has 0 atom stereocenters. The lowest BCUT2D eigenvalue weighted by molar-refractivity contribution is -0.384. The molecule has 1 fully saturated rings. The summed E-state index contributed by atoms with van der Waals surface area (Å²) in [7, 11) is 1.49. The summed E-state index contributed by atoms with van der Waals surface area (Å²) in [6, 6.07) is 4.18. The van der Waals surface area contributed by atoms with Gasteiger partial charge in [-0.05, 0) is 34.8 Å². The van der Waals surface area contributed by atoms with Gasteiger partial charge in [-0.1, -0.05) is 0 Å². The predicted molar refractivity (Wildman–Crippen MR) is 78.9 cm³/mol. The van der Waals surface area contributed by atoms with Gasteiger partial charge >= 0.3 is 0 Å². The molecule has 0 radical (unpaired) electrons. The number of carbonyl (C=O) groups is 2. The van der Waals surface area contributed by atoms with Crippen molar-refractivity contribution in [3.05, 3.63) is 38.3 Å². The Morgan fingerprint density at radius 2 is 2.14 bits per heavy atom. The number of benzene rings is 1. The van der Waals surface area contributed by atoms with E-state index in [0.717, 1.165) is 12.8 Å². The number of carbonyl (C=O) groups excluding carboxylic acids is 2. The van der Waals surface area contributed by atoms with Crippen LogP contribution in [0.5, 0.6) is 0 Å². The summed E-state index contributed by atoms with van der Waals surface area (Å²) in [4.78, 5) is 35.4. The Kier molecular flexibility index (Phi) is 4.56. The van der Waals surface area contributed by atoms with Crippen LogP contribution in [-0.2, 0) is 4.79 Å². The average molecular weight is 356 g/mol. The van der Waals surface area contributed by atoms with Crippen molar-refractivity contribution in [2.24, 2.45) is 0 Å². The van der Waals surface area contributed by atoms with Gasteiger partial charge in [0.2, 0.25) is 5.91 Å². The van der Waals surface area contributed by atoms with E-state index in [2.05, 4.69) is 21.2 Å². The van der Waals surface area contributed by atoms with E-state index < -0.39 is 10.8 Å². The molecule has 2 rings (SSSR count). The van der Waals surface area contributed by atoms with Crippen molar-refractivity contribution in [2.75, 3.05) is 13.6 Å². The number of nitro groups is 1. The first-order valence-corrected chi connectivity index (χ1v) is 7.16. The number of halogens is 1. The zero-order valence-electron chi connectivity index (χ0n) is 11.3. The number of rotatable bonds is 5. The molecule has 0 heterocycles. The number of nitro benzene ring substituents is 1. The Labute approximate surface area is 129 Å². The van der Waals surface area contributed by atoms with Crippen LogP contribution in [0, 0.1) is 10.1 Å². The summed E-state index contributed by atoms with van der Waals surface area (Å²) in [6.45, 7) is -0.0789. The average Bonchev–Trinajstić information content (AvgIpc) is 3.21. The fourth-order valence-corrected chi connectivity index (χ4v) is 2.20. The SMILES string of the molecule is CN(CC(=O)NC1CC1)C(=O)c1cc([N+](=O)[O-])ccc1Br. The summed E-state index contributed by atoms with van der Waals surface area (Å²) in [6.07, 6.45) is 1.94. The van der Waals surface area contributed by atoms with Gasteiger partial charge in [0.25, 0.3) is 11.6 Å². The minimum absolute atomic E-state index is 0.0789. The highest BCUT2D eigenvalue weighted by molar-refractivity contribution is 9.10. The molecule has 0 aromatic heterocycles. The van der Waals surface area contributed by atoms with Gasteiger partial charge < -0.3 is 10.2 Å². The van der Waals surface area contributed by atoms with E-state index in [1.807, 2.05) is 0 Å². The van der Waals surface area contributed by atoms with Crippen LogP contribution >= 0.6 is 15.9 Å². The third kappa shape index (κ3) is 4.01. The Morgan fingerprint density at radius 3 is 2.71 bits per heavy atom. The second kappa shape index (κ2) is 6.21. The van der Waals surface area contributed by atoms with Crippen LogP contribution in [0.25, 0.3) is 0 Å². The predicted octanol–water partition coefficient (Wildman–Crippen LogP) is 1.71. The summed E-state index contributed by atoms with van der Waals surface area (Å²) in [5.41, 5.74) is -0.0108. The van der Waals surface area contributed by atoms with E-state index in [4.69, 9.17) is 0 Å². The highest BCUT2D eigenvalue weighted by Gasteiger charge is 2.25. The van der Waals surface area contributed by atoms with Crippen LogP contribution in [0.15, 0.2) is 22.7 Å². The molecular formula is C13H14BrN3O4. The molecule has 1 aliphatic rings. The van der Waals surface area contributed by atoms with Crippen molar-refractivity contribution in [3.63, 3.8) is 0 Å². The first kappa shape index (κ1) is 15.4. The highest BCUT2D eigenvalue weighted by atomic mass is 79.9. The molecule has 21 heavy (non-hydrogen) atoms. The van der Waals surface area contributed by atoms with E-state index in [1.165, 1.54) is 30.1 Å². The van der Waals surface area contributed by atoms with E-state index in [-0.39, 0.29) is 29.7 Å². The normalized spacial score (nSPS) is 13.6. The second-order valence-corrected chi connectivity index (χ2v) is 5.78. The van der Waals surface area contributed by atoms with Crippen molar-refractivity contribution < 1.29 is 14.5 Å². The first-order chi connectivity index (χ1) is 9.88. The topological polar surface area (TPSA) is 92.6 Å². The molecule has 0 spiro atoms. The minimum atomic E-state index is -0.566. The Morgan fingerprint density at radius 1 is 1.48 bits per heavy atom. The first-order valence-electron chi connectivity index (χ1n) is 6.37. The molecule has 7 nitrogen and oxygen atoms in total. The van der Waals surface area contributed by atoms with E-state index >= 15 is 0 Å². The summed E-state index contributed by atoms with van der Waals surface area (Å²) in [5.74, 6) is -0.675. The maximum atomic E-state index is 12.3. The molecule has 2 amide bonds. The molecule has 0 unspecified atom stereocenters. The van der Waals surface area contributed by atoms with Gasteiger partial charge in [-0.2, -0.15) is 0 Å². The number of non-ortho nitro benzene ring substituents is 1. The second-order valence-electron chi connectivity index (χ2n) is 4.92. The standard InChI is InChI=1S/C13H14BrN3O4/c1-16(7-12(18)15-8-2-3-8)13(19)10-6-9(17(20)21)4-5-11(10)14/h4-6,8H,2-3,7H2,1H3,(H,15,18). The van der Waals surface area contributed by atoms with Gasteiger partial charge in [-0.15, -0.1) is 0 Å². The zero-order chi connectivity index (χ0) is 15.6. The maximum absolute atomic E-state index is 12.3. The van der Waals surface area contributed by atoms with Crippen LogP contribution in [0.1, 0.15) is 23.2 Å². The largest absolute Gasteiger partial charge is 0.352 e. The molecule has 1 aromatic carbocycles. The minimum Gasteiger partial charge on any atom is -0.352 e. The summed E-state index contributed by atoms with van der Waals surface area (Å²) in [5, 5.41) is 13.5. The van der Waals surface area contributed by atoms with Gasteiger partial charge in [-0.25, -0.2) is 0 Å². The molecule has 112 valence electrons. The van der Waals surface area contributed by atoms with Crippen molar-refractivity contribution in [1.29, 1.82) is 0 Å². The van der Waals surface area contributed by atoms with Crippen LogP contribution in [0.4, 0.5) is 5.69 Å². The van der Waals surface area contributed by atoms with E-state index in [1.54, 1.807) is 0 Å². The third-order valence-electron chi connectivity index (χ3n) is 3.06. The van der Waals surface area contributed by atoms with Crippen LogP contribution in [0.3, 0.4) is 0 Å². The number of nitrogens with zero attached hydrogens (tertiary/aromatic N) is 2. The summed E-state index contributed by atoms with van der Waals surface area (Å²) < 4.78 is 0.451. The molecule has 8 heteroatoms. The molecule has 1 aromatic rings. The van der Waals surface area contributed by atoms with Gasteiger partial charge in [-0.3, -0.25) is 19.7 Å². The fourth-order valence-electron chi connectivity index (χ4n) is 1.78. The number of amides is 2. The number of nitrogens with one attached hydrogen (secondary N) is 1. The lowest BCUT2D eigenvalue weighted by atomic mass is 10.2. The van der Waals surface area contributed by atoms with Gasteiger partial charge in [0.05, 0.1) is 17.0 Å². The molecule has 0 saturated heterocycles. The monoisotopic (exact) mass is 355 g/mol. The summed E-state index contributed by atoms with van der Waals surface area (Å²) >= 11 is 3.19. The maximum Gasteiger partial charge on any atom is 0.270 e. The van der Waals surface area contributed by atoms with Crippen LogP contribution in [0.2, 0.25) is 0 Å². The van der Waals surface area contributed by atoms with Gasteiger partial charge in [0.1, 0.15) is 0 Å². The van der Waals surface area contributed by atoms with Crippen molar-refractivity contribution in [1.82, 2.24) is 10.2 Å². The van der Waals surface area contributed by atoms with Crippen molar-refractivity contribution in [3.8, 4) is 0 Å². The molecule has 0 bridgehead atoms. The quantitative estimate of drug-likeness (QED) is 0.642. The molecule has 1 aliphatic carbocycles. The Balaban J connectivity index is 2.08. The number of hydrogen-bond acceptors (Lipinski definition) is 4. The van der Waals surface area contributed by atoms with Crippen LogP contribution < -0.4 is 5.32 Å². The van der Waals surface area contributed by atoms with E-state index in [9.17, 15) is 19.7 Å². The van der Waals surface area contributed by atoms with Crippen molar-refractivity contribution >= 4 is 33.4 Å². The molecule has 1 saturated carbocycles. The third-order valence-corrected chi connectivity index (χ3v) is 3.75. The van der Waals surface area contributed by atoms with Gasteiger partial charge in [0.15, 0.2) is 0 Å². The van der Waals surface area contributed by atoms with Crippen molar-refractivity contribution in [2.45, 2.75) is 18.9 Å². The Hall–Kier alpha value is -1.96. The molecular weight excluding hydrogens is 342 g/mol. The zero-order valence-corrected chi connectivity index (χ0v) is 12.9. The van der Waals surface area contributed by atoms with Crippen LogP contribution in [-0.4, -0.2) is 41.3 Å². The fraction of sp³-hybridized carbons (Fsp3) is 0.385. The van der Waals surface area contributed by atoms with E-state index in [0.29, 0.717) is 4.47 Å². The lowest BCUT2D eigenvalue weighted by Crippen LogP contribution is -2.39. The van der Waals surface area contributed by atoms with Gasteiger partial charge in [0, 0.05) is 29.7 Å².